The minimum absolute atomic E-state index is 0.733. The number of hydrogen-bond donors (Lipinski definition) is 1. The molecule has 0 spiro atoms. The fraction of sp³-hybridized carbons (Fsp3) is 0.800. The highest BCUT2D eigenvalue weighted by Crippen LogP contribution is 2.17. The second-order valence-corrected chi connectivity index (χ2v) is 4.36. The van der Waals surface area contributed by atoms with E-state index >= 15 is 0 Å². The van der Waals surface area contributed by atoms with E-state index in [1.54, 1.807) is 0 Å². The first-order chi connectivity index (χ1) is 7.33. The summed E-state index contributed by atoms with van der Waals surface area (Å²) in [5.74, 6) is 1.02. The number of rotatable bonds is 2. The van der Waals surface area contributed by atoms with E-state index in [1.165, 1.54) is 25.7 Å². The van der Waals surface area contributed by atoms with Crippen molar-refractivity contribution >= 4 is 18.2 Å². The average Bonchev–Trinajstić information content (AvgIpc) is 2.48. The normalized spacial score (nSPS) is 17.8. The molecule has 0 atom stereocenters. The zero-order valence-electron chi connectivity index (χ0n) is 9.20. The number of hydrogen-bond acceptors (Lipinski definition) is 3. The Morgan fingerprint density at radius 3 is 2.53 bits per heavy atom. The molecule has 1 aromatic rings. The van der Waals surface area contributed by atoms with E-state index in [4.69, 9.17) is 12.2 Å². The van der Waals surface area contributed by atoms with Crippen LogP contribution in [0.15, 0.2) is 0 Å². The van der Waals surface area contributed by atoms with E-state index in [9.17, 15) is 0 Å². The lowest BCUT2D eigenvalue weighted by atomic mass is 10.2. The van der Waals surface area contributed by atoms with Crippen LogP contribution in [0.5, 0.6) is 0 Å². The first-order valence-electron chi connectivity index (χ1n) is 5.73. The second-order valence-electron chi connectivity index (χ2n) is 3.97. The Morgan fingerprint density at radius 2 is 1.93 bits per heavy atom. The fourth-order valence-electron chi connectivity index (χ4n) is 2.11. The monoisotopic (exact) mass is 226 g/mol. The van der Waals surface area contributed by atoms with Gasteiger partial charge in [-0.25, -0.2) is 5.10 Å². The van der Waals surface area contributed by atoms with Crippen molar-refractivity contribution in [2.24, 2.45) is 0 Å². The molecular weight excluding hydrogens is 208 g/mol. The quantitative estimate of drug-likeness (QED) is 0.786. The SMILES string of the molecule is CCn1c(N2CCCCCC2)n[nH]c1=S. The summed E-state index contributed by atoms with van der Waals surface area (Å²) >= 11 is 5.19. The van der Waals surface area contributed by atoms with E-state index in [0.29, 0.717) is 0 Å². The van der Waals surface area contributed by atoms with Gasteiger partial charge in [0.2, 0.25) is 5.95 Å². The minimum atomic E-state index is 0.733. The maximum atomic E-state index is 5.19. The Kier molecular flexibility index (Phi) is 3.41. The number of nitrogens with one attached hydrogen (secondary N) is 1. The van der Waals surface area contributed by atoms with E-state index in [-0.39, 0.29) is 0 Å². The molecule has 4 nitrogen and oxygen atoms in total. The van der Waals surface area contributed by atoms with Crippen molar-refractivity contribution in [1.29, 1.82) is 0 Å². The molecule has 1 aromatic heterocycles. The molecule has 2 heterocycles. The zero-order chi connectivity index (χ0) is 10.7. The first kappa shape index (κ1) is 10.7. The van der Waals surface area contributed by atoms with Crippen LogP contribution in [-0.4, -0.2) is 27.9 Å². The molecule has 15 heavy (non-hydrogen) atoms. The highest BCUT2D eigenvalue weighted by Gasteiger charge is 2.15. The molecule has 0 saturated carbocycles. The van der Waals surface area contributed by atoms with Gasteiger partial charge in [0.15, 0.2) is 4.77 Å². The maximum absolute atomic E-state index is 5.19. The minimum Gasteiger partial charge on any atom is -0.341 e. The Balaban J connectivity index is 2.23. The summed E-state index contributed by atoms with van der Waals surface area (Å²) in [6, 6.07) is 0. The van der Waals surface area contributed by atoms with Gasteiger partial charge in [0.25, 0.3) is 0 Å². The number of aromatic amines is 1. The zero-order valence-corrected chi connectivity index (χ0v) is 10.0. The molecule has 1 N–H and O–H groups in total. The van der Waals surface area contributed by atoms with Gasteiger partial charge in [0.1, 0.15) is 0 Å². The van der Waals surface area contributed by atoms with E-state index in [2.05, 4.69) is 26.6 Å². The number of nitrogens with zero attached hydrogens (tertiary/aromatic N) is 3. The molecule has 0 radical (unpaired) electrons. The van der Waals surface area contributed by atoms with Gasteiger partial charge < -0.3 is 4.90 Å². The summed E-state index contributed by atoms with van der Waals surface area (Å²) in [5.41, 5.74) is 0. The molecular formula is C10H18N4S. The van der Waals surface area contributed by atoms with Crippen LogP contribution >= 0.6 is 12.2 Å². The third kappa shape index (κ3) is 2.22. The van der Waals surface area contributed by atoms with Crippen LogP contribution in [0.4, 0.5) is 5.95 Å². The van der Waals surface area contributed by atoms with Crippen LogP contribution in [0.3, 0.4) is 0 Å². The van der Waals surface area contributed by atoms with Gasteiger partial charge in [-0.3, -0.25) is 4.57 Å². The predicted octanol–water partition coefficient (Wildman–Crippen LogP) is 2.34. The lowest BCUT2D eigenvalue weighted by molar-refractivity contribution is 0.687. The Bertz CT molecular complexity index is 360. The van der Waals surface area contributed by atoms with Crippen molar-refractivity contribution in [1.82, 2.24) is 14.8 Å². The van der Waals surface area contributed by atoms with Crippen LogP contribution in [0, 0.1) is 4.77 Å². The summed E-state index contributed by atoms with van der Waals surface area (Å²) < 4.78 is 2.80. The predicted molar refractivity (Wildman–Crippen MR) is 63.8 cm³/mol. The van der Waals surface area contributed by atoms with Gasteiger partial charge in [0.05, 0.1) is 0 Å². The molecule has 0 aromatic carbocycles. The van der Waals surface area contributed by atoms with Gasteiger partial charge in [-0.15, -0.1) is 5.10 Å². The van der Waals surface area contributed by atoms with Crippen molar-refractivity contribution in [3.8, 4) is 0 Å². The van der Waals surface area contributed by atoms with Crippen molar-refractivity contribution < 1.29 is 0 Å². The molecule has 0 unspecified atom stereocenters. The lowest BCUT2D eigenvalue weighted by Crippen LogP contribution is -2.27. The first-order valence-corrected chi connectivity index (χ1v) is 6.14. The molecule has 1 fully saturated rings. The fourth-order valence-corrected chi connectivity index (χ4v) is 2.36. The highest BCUT2D eigenvalue weighted by molar-refractivity contribution is 7.71. The smallest absolute Gasteiger partial charge is 0.225 e. The summed E-state index contributed by atoms with van der Waals surface area (Å²) in [6.07, 6.45) is 5.22. The number of anilines is 1. The average molecular weight is 226 g/mol. The molecule has 0 aliphatic carbocycles. The molecule has 0 amide bonds. The molecule has 1 aliphatic rings. The van der Waals surface area contributed by atoms with Gasteiger partial charge in [-0.2, -0.15) is 0 Å². The van der Waals surface area contributed by atoms with E-state index < -0.39 is 0 Å². The van der Waals surface area contributed by atoms with Crippen LogP contribution in [-0.2, 0) is 6.54 Å². The Morgan fingerprint density at radius 1 is 1.27 bits per heavy atom. The molecule has 5 heteroatoms. The van der Waals surface area contributed by atoms with Crippen molar-refractivity contribution in [2.75, 3.05) is 18.0 Å². The highest BCUT2D eigenvalue weighted by atomic mass is 32.1. The third-order valence-corrected chi connectivity index (χ3v) is 3.25. The third-order valence-electron chi connectivity index (χ3n) is 2.94. The maximum Gasteiger partial charge on any atom is 0.225 e. The molecule has 1 aliphatic heterocycles. The van der Waals surface area contributed by atoms with Crippen LogP contribution in [0.2, 0.25) is 0 Å². The van der Waals surface area contributed by atoms with Gasteiger partial charge >= 0.3 is 0 Å². The second kappa shape index (κ2) is 4.79. The Hall–Kier alpha value is -0.840. The van der Waals surface area contributed by atoms with E-state index in [1.807, 2.05) is 0 Å². The standard InChI is InChI=1S/C10H18N4S/c1-2-14-9(11-12-10(14)15)13-7-5-3-4-6-8-13/h2-8H2,1H3,(H,12,15). The van der Waals surface area contributed by atoms with E-state index in [0.717, 1.165) is 30.4 Å². The Labute approximate surface area is 95.3 Å². The van der Waals surface area contributed by atoms with Crippen molar-refractivity contribution in [3.05, 3.63) is 4.77 Å². The molecule has 2 rings (SSSR count). The molecule has 84 valence electrons. The molecule has 1 saturated heterocycles. The molecule has 0 bridgehead atoms. The number of H-pyrrole nitrogens is 1. The summed E-state index contributed by atoms with van der Waals surface area (Å²) in [6.45, 7) is 5.22. The van der Waals surface area contributed by atoms with Crippen LogP contribution < -0.4 is 4.90 Å². The largest absolute Gasteiger partial charge is 0.341 e. The van der Waals surface area contributed by atoms with Crippen molar-refractivity contribution in [3.63, 3.8) is 0 Å². The van der Waals surface area contributed by atoms with Gasteiger partial charge in [-0.1, -0.05) is 12.8 Å². The lowest BCUT2D eigenvalue weighted by Gasteiger charge is -2.21. The van der Waals surface area contributed by atoms with Crippen LogP contribution in [0.1, 0.15) is 32.6 Å². The summed E-state index contributed by atoms with van der Waals surface area (Å²) in [5, 5.41) is 7.20. The van der Waals surface area contributed by atoms with Crippen molar-refractivity contribution in [2.45, 2.75) is 39.2 Å². The van der Waals surface area contributed by atoms with Gasteiger partial charge in [0, 0.05) is 19.6 Å². The topological polar surface area (TPSA) is 36.9 Å². The van der Waals surface area contributed by atoms with Gasteiger partial charge in [-0.05, 0) is 32.0 Å². The number of aromatic nitrogens is 3. The summed E-state index contributed by atoms with van der Waals surface area (Å²) in [4.78, 5) is 2.35. The summed E-state index contributed by atoms with van der Waals surface area (Å²) in [7, 11) is 0. The van der Waals surface area contributed by atoms with Crippen LogP contribution in [0.25, 0.3) is 0 Å².